The minimum atomic E-state index is -0.395. The van der Waals surface area contributed by atoms with Crippen molar-refractivity contribution in [2.24, 2.45) is 0 Å². The maximum Gasteiger partial charge on any atom is 0.255 e. The summed E-state index contributed by atoms with van der Waals surface area (Å²) >= 11 is 2.82. The second kappa shape index (κ2) is 11.3. The van der Waals surface area contributed by atoms with Crippen LogP contribution in [0.15, 0.2) is 83.1 Å². The minimum absolute atomic E-state index is 0.122. The summed E-state index contributed by atoms with van der Waals surface area (Å²) in [6, 6.07) is 20.8. The van der Waals surface area contributed by atoms with Crippen molar-refractivity contribution in [1.82, 2.24) is 4.98 Å². The maximum atomic E-state index is 13.1. The largest absolute Gasteiger partial charge is 0.322 e. The van der Waals surface area contributed by atoms with Crippen LogP contribution in [0.1, 0.15) is 29.3 Å². The van der Waals surface area contributed by atoms with Gasteiger partial charge in [-0.2, -0.15) is 0 Å². The summed E-state index contributed by atoms with van der Waals surface area (Å²) in [5.74, 6) is -0.846. The number of anilines is 2. The summed E-state index contributed by atoms with van der Waals surface area (Å²) in [4.78, 5) is 30.8. The number of carbonyl (C=O) groups is 2. The molecule has 0 aliphatic carbocycles. The third-order valence-corrected chi connectivity index (χ3v) is 7.34. The fourth-order valence-electron chi connectivity index (χ4n) is 3.31. The normalized spacial score (nSPS) is 11.6. The van der Waals surface area contributed by atoms with Gasteiger partial charge in [-0.3, -0.25) is 9.59 Å². The number of aryl methyl sites for hydroxylation is 1. The molecule has 0 spiro atoms. The van der Waals surface area contributed by atoms with Crippen LogP contribution in [-0.2, 0) is 4.79 Å². The lowest BCUT2D eigenvalue weighted by molar-refractivity contribution is -0.115. The van der Waals surface area contributed by atoms with E-state index in [-0.39, 0.29) is 17.1 Å². The van der Waals surface area contributed by atoms with E-state index in [1.165, 1.54) is 52.9 Å². The number of nitrogens with one attached hydrogen (secondary N) is 2. The second-order valence-electron chi connectivity index (χ2n) is 7.90. The van der Waals surface area contributed by atoms with Crippen molar-refractivity contribution < 1.29 is 14.0 Å². The molecule has 8 heteroatoms. The molecule has 0 saturated carbocycles. The van der Waals surface area contributed by atoms with Gasteiger partial charge in [0.2, 0.25) is 5.91 Å². The molecule has 3 aromatic carbocycles. The molecule has 4 aromatic rings. The van der Waals surface area contributed by atoms with Gasteiger partial charge in [0.1, 0.15) is 5.82 Å². The van der Waals surface area contributed by atoms with E-state index < -0.39 is 5.82 Å². The number of rotatable bonds is 8. The lowest BCUT2D eigenvalue weighted by Crippen LogP contribution is -2.24. The Labute approximate surface area is 211 Å². The Morgan fingerprint density at radius 2 is 1.77 bits per heavy atom. The maximum absolute atomic E-state index is 13.1. The van der Waals surface area contributed by atoms with E-state index in [0.29, 0.717) is 22.8 Å². The predicted octanol–water partition coefficient (Wildman–Crippen LogP) is 7.02. The third-order valence-electron chi connectivity index (χ3n) is 5.22. The summed E-state index contributed by atoms with van der Waals surface area (Å²) in [6.07, 6.45) is 0.624. The highest BCUT2D eigenvalue weighted by Crippen LogP contribution is 2.30. The number of aromatic nitrogens is 1. The standard InChI is InChI=1S/C27H24FN3O2S2/c1-3-24(26(33)31-27-30-23(16-34-27)18-9-7-17(2)8-10-18)35-22-6-4-5-21(15-22)29-25(32)19-11-13-20(28)14-12-19/h4-16,24H,3H2,1-2H3,(H,29,32)(H,30,31,33). The summed E-state index contributed by atoms with van der Waals surface area (Å²) in [7, 11) is 0. The Bertz CT molecular complexity index is 1320. The van der Waals surface area contributed by atoms with E-state index in [4.69, 9.17) is 0 Å². The van der Waals surface area contributed by atoms with Gasteiger partial charge in [0, 0.05) is 27.1 Å². The van der Waals surface area contributed by atoms with Crippen LogP contribution in [0, 0.1) is 12.7 Å². The molecule has 1 heterocycles. The van der Waals surface area contributed by atoms with E-state index in [2.05, 4.69) is 15.6 Å². The number of halogens is 1. The molecule has 2 amide bonds. The number of thioether (sulfide) groups is 1. The van der Waals surface area contributed by atoms with Crippen molar-refractivity contribution in [3.63, 3.8) is 0 Å². The van der Waals surface area contributed by atoms with Gasteiger partial charge >= 0.3 is 0 Å². The highest BCUT2D eigenvalue weighted by Gasteiger charge is 2.20. The van der Waals surface area contributed by atoms with Crippen molar-refractivity contribution in [3.05, 3.63) is 95.1 Å². The van der Waals surface area contributed by atoms with Crippen LogP contribution in [0.25, 0.3) is 11.3 Å². The fourth-order valence-corrected chi connectivity index (χ4v) is 5.05. The van der Waals surface area contributed by atoms with Crippen LogP contribution >= 0.6 is 23.1 Å². The highest BCUT2D eigenvalue weighted by atomic mass is 32.2. The van der Waals surface area contributed by atoms with Crippen LogP contribution in [0.4, 0.5) is 15.2 Å². The average Bonchev–Trinajstić information content (AvgIpc) is 3.32. The van der Waals surface area contributed by atoms with E-state index >= 15 is 0 Å². The fraction of sp³-hybridized carbons (Fsp3) is 0.148. The van der Waals surface area contributed by atoms with E-state index in [1.54, 1.807) is 6.07 Å². The Hall–Kier alpha value is -3.49. The Morgan fingerprint density at radius 1 is 1.03 bits per heavy atom. The molecular weight excluding hydrogens is 481 g/mol. The zero-order chi connectivity index (χ0) is 24.8. The molecular formula is C27H24FN3O2S2. The molecule has 0 bridgehead atoms. The van der Waals surface area contributed by atoms with Gasteiger partial charge in [-0.05, 0) is 55.8 Å². The summed E-state index contributed by atoms with van der Waals surface area (Å²) in [5.41, 5.74) is 3.98. The van der Waals surface area contributed by atoms with Crippen LogP contribution < -0.4 is 10.6 Å². The van der Waals surface area contributed by atoms with E-state index in [0.717, 1.165) is 16.2 Å². The average molecular weight is 506 g/mol. The SMILES string of the molecule is CCC(Sc1cccc(NC(=O)c2ccc(F)cc2)c1)C(=O)Nc1nc(-c2ccc(C)cc2)cs1. The Morgan fingerprint density at radius 3 is 2.49 bits per heavy atom. The first kappa shape index (κ1) is 24.6. The number of nitrogens with zero attached hydrogens (tertiary/aromatic N) is 1. The van der Waals surface area contributed by atoms with Crippen molar-refractivity contribution >= 4 is 45.7 Å². The minimum Gasteiger partial charge on any atom is -0.322 e. The molecule has 1 atom stereocenters. The molecule has 178 valence electrons. The molecule has 0 aliphatic heterocycles. The lowest BCUT2D eigenvalue weighted by Gasteiger charge is -2.14. The smallest absolute Gasteiger partial charge is 0.255 e. The van der Waals surface area contributed by atoms with Gasteiger partial charge in [-0.15, -0.1) is 23.1 Å². The first-order chi connectivity index (χ1) is 16.9. The van der Waals surface area contributed by atoms with E-state index in [9.17, 15) is 14.0 Å². The molecule has 5 nitrogen and oxygen atoms in total. The zero-order valence-corrected chi connectivity index (χ0v) is 20.9. The van der Waals surface area contributed by atoms with Crippen molar-refractivity contribution in [2.75, 3.05) is 10.6 Å². The zero-order valence-electron chi connectivity index (χ0n) is 19.2. The van der Waals surface area contributed by atoms with Crippen LogP contribution in [-0.4, -0.2) is 22.0 Å². The Balaban J connectivity index is 1.39. The topological polar surface area (TPSA) is 71.1 Å². The van der Waals surface area contributed by atoms with Gasteiger partial charge in [-0.25, -0.2) is 9.37 Å². The van der Waals surface area contributed by atoms with Gasteiger partial charge in [0.15, 0.2) is 5.13 Å². The third kappa shape index (κ3) is 6.55. The second-order valence-corrected chi connectivity index (χ2v) is 10.0. The number of hydrogen-bond donors (Lipinski definition) is 2. The number of carbonyl (C=O) groups excluding carboxylic acids is 2. The lowest BCUT2D eigenvalue weighted by atomic mass is 10.1. The number of benzene rings is 3. The molecule has 35 heavy (non-hydrogen) atoms. The van der Waals surface area contributed by atoms with Crippen molar-refractivity contribution in [1.29, 1.82) is 0 Å². The predicted molar refractivity (Wildman–Crippen MR) is 142 cm³/mol. The highest BCUT2D eigenvalue weighted by molar-refractivity contribution is 8.00. The molecule has 0 saturated heterocycles. The summed E-state index contributed by atoms with van der Waals surface area (Å²) in [5, 5.41) is 7.91. The molecule has 1 unspecified atom stereocenters. The molecule has 0 fully saturated rings. The van der Waals surface area contributed by atoms with Gasteiger partial charge < -0.3 is 10.6 Å². The number of hydrogen-bond acceptors (Lipinski definition) is 5. The first-order valence-corrected chi connectivity index (χ1v) is 12.8. The van der Waals surface area contributed by atoms with E-state index in [1.807, 2.05) is 61.7 Å². The van der Waals surface area contributed by atoms with Crippen molar-refractivity contribution in [3.8, 4) is 11.3 Å². The van der Waals surface area contributed by atoms with Gasteiger partial charge in [0.05, 0.1) is 10.9 Å². The molecule has 4 rings (SSSR count). The number of thiazole rings is 1. The van der Waals surface area contributed by atoms with Crippen LogP contribution in [0.2, 0.25) is 0 Å². The quantitative estimate of drug-likeness (QED) is 0.253. The summed E-state index contributed by atoms with van der Waals surface area (Å²) in [6.45, 7) is 3.99. The first-order valence-electron chi connectivity index (χ1n) is 11.1. The molecule has 2 N–H and O–H groups in total. The molecule has 0 radical (unpaired) electrons. The molecule has 1 aromatic heterocycles. The Kier molecular flexibility index (Phi) is 7.94. The van der Waals surface area contributed by atoms with Gasteiger partial charge in [-0.1, -0.05) is 42.8 Å². The summed E-state index contributed by atoms with van der Waals surface area (Å²) < 4.78 is 13.1. The van der Waals surface area contributed by atoms with Crippen LogP contribution in [0.5, 0.6) is 0 Å². The van der Waals surface area contributed by atoms with Crippen molar-refractivity contribution in [2.45, 2.75) is 30.4 Å². The monoisotopic (exact) mass is 505 g/mol. The molecule has 0 aliphatic rings. The number of amides is 2. The van der Waals surface area contributed by atoms with Crippen LogP contribution in [0.3, 0.4) is 0 Å². The van der Waals surface area contributed by atoms with Gasteiger partial charge in [0.25, 0.3) is 5.91 Å².